The van der Waals surface area contributed by atoms with Crippen molar-refractivity contribution in [2.45, 2.75) is 6.92 Å². The van der Waals surface area contributed by atoms with Crippen LogP contribution < -0.4 is 14.7 Å². The monoisotopic (exact) mass is 365 g/mol. The molecule has 2 fully saturated rings. The first kappa shape index (κ1) is 17.5. The molecule has 2 aromatic rings. The van der Waals surface area contributed by atoms with E-state index >= 15 is 0 Å². The van der Waals surface area contributed by atoms with Crippen molar-refractivity contribution in [1.82, 2.24) is 15.0 Å². The van der Waals surface area contributed by atoms with Crippen molar-refractivity contribution in [1.29, 1.82) is 5.26 Å². The lowest BCUT2D eigenvalue weighted by Crippen LogP contribution is -2.47. The highest BCUT2D eigenvalue weighted by molar-refractivity contribution is 5.48. The largest absolute Gasteiger partial charge is 0.378 e. The molecule has 0 unspecified atom stereocenters. The Kier molecular flexibility index (Phi) is 5.03. The molecule has 0 aromatic carbocycles. The van der Waals surface area contributed by atoms with Crippen LogP contribution in [0.2, 0.25) is 0 Å². The molecule has 140 valence electrons. The summed E-state index contributed by atoms with van der Waals surface area (Å²) >= 11 is 0. The molecule has 0 radical (unpaired) electrons. The van der Waals surface area contributed by atoms with Gasteiger partial charge in [-0.2, -0.15) is 10.2 Å². The summed E-state index contributed by atoms with van der Waals surface area (Å²) in [5.41, 5.74) is 1.57. The maximum absolute atomic E-state index is 8.90. The van der Waals surface area contributed by atoms with Gasteiger partial charge in [0.15, 0.2) is 0 Å². The van der Waals surface area contributed by atoms with Gasteiger partial charge in [-0.05, 0) is 19.1 Å². The Morgan fingerprint density at radius 2 is 1.63 bits per heavy atom. The SMILES string of the molecule is Cc1cc(N2CCOCC2)nc(N2CCN(c3ccc(C#N)cn3)CC2)n1. The molecule has 2 aliphatic heterocycles. The number of rotatable bonds is 3. The zero-order chi connectivity index (χ0) is 18.6. The van der Waals surface area contributed by atoms with Crippen LogP contribution >= 0.6 is 0 Å². The van der Waals surface area contributed by atoms with Crippen LogP contribution in [0.5, 0.6) is 0 Å². The Morgan fingerprint density at radius 1 is 0.926 bits per heavy atom. The van der Waals surface area contributed by atoms with E-state index in [0.717, 1.165) is 75.8 Å². The highest BCUT2D eigenvalue weighted by atomic mass is 16.5. The van der Waals surface area contributed by atoms with Crippen LogP contribution in [0.15, 0.2) is 24.4 Å². The van der Waals surface area contributed by atoms with Gasteiger partial charge in [-0.3, -0.25) is 0 Å². The van der Waals surface area contributed by atoms with Gasteiger partial charge in [0.05, 0.1) is 18.8 Å². The predicted octanol–water partition coefficient (Wildman–Crippen LogP) is 1.21. The van der Waals surface area contributed by atoms with Gasteiger partial charge in [-0.1, -0.05) is 0 Å². The van der Waals surface area contributed by atoms with Crippen molar-refractivity contribution in [3.63, 3.8) is 0 Å². The smallest absolute Gasteiger partial charge is 0.227 e. The lowest BCUT2D eigenvalue weighted by atomic mass is 10.2. The van der Waals surface area contributed by atoms with E-state index in [-0.39, 0.29) is 0 Å². The second-order valence-corrected chi connectivity index (χ2v) is 6.76. The molecule has 2 saturated heterocycles. The molecular weight excluding hydrogens is 342 g/mol. The Balaban J connectivity index is 1.44. The van der Waals surface area contributed by atoms with Crippen molar-refractivity contribution in [2.24, 2.45) is 0 Å². The van der Waals surface area contributed by atoms with Gasteiger partial charge in [-0.25, -0.2) is 9.97 Å². The maximum atomic E-state index is 8.90. The Morgan fingerprint density at radius 3 is 2.30 bits per heavy atom. The minimum absolute atomic E-state index is 0.584. The van der Waals surface area contributed by atoms with E-state index < -0.39 is 0 Å². The van der Waals surface area contributed by atoms with E-state index in [9.17, 15) is 0 Å². The number of hydrogen-bond donors (Lipinski definition) is 0. The molecule has 4 rings (SSSR count). The van der Waals surface area contributed by atoms with Crippen LogP contribution in [0.4, 0.5) is 17.6 Å². The predicted molar refractivity (Wildman–Crippen MR) is 103 cm³/mol. The van der Waals surface area contributed by atoms with E-state index in [1.54, 1.807) is 6.20 Å². The summed E-state index contributed by atoms with van der Waals surface area (Å²) in [4.78, 5) is 20.6. The first-order valence-electron chi connectivity index (χ1n) is 9.27. The van der Waals surface area contributed by atoms with Gasteiger partial charge in [0.2, 0.25) is 5.95 Å². The zero-order valence-corrected chi connectivity index (χ0v) is 15.5. The van der Waals surface area contributed by atoms with Gasteiger partial charge >= 0.3 is 0 Å². The Hall–Kier alpha value is -2.92. The lowest BCUT2D eigenvalue weighted by Gasteiger charge is -2.36. The third kappa shape index (κ3) is 3.93. The van der Waals surface area contributed by atoms with Gasteiger partial charge < -0.3 is 19.4 Å². The second-order valence-electron chi connectivity index (χ2n) is 6.76. The number of aromatic nitrogens is 3. The minimum Gasteiger partial charge on any atom is -0.378 e. The molecule has 0 aliphatic carbocycles. The molecule has 0 amide bonds. The summed E-state index contributed by atoms with van der Waals surface area (Å²) < 4.78 is 5.44. The summed E-state index contributed by atoms with van der Waals surface area (Å²) in [7, 11) is 0. The average Bonchev–Trinajstić information content (AvgIpc) is 2.74. The minimum atomic E-state index is 0.584. The fourth-order valence-electron chi connectivity index (χ4n) is 3.41. The second kappa shape index (κ2) is 7.76. The highest BCUT2D eigenvalue weighted by Gasteiger charge is 2.22. The van der Waals surface area contributed by atoms with Gasteiger partial charge in [0, 0.05) is 57.2 Å². The van der Waals surface area contributed by atoms with Gasteiger partial charge in [0.1, 0.15) is 17.7 Å². The Bertz CT molecular complexity index is 819. The van der Waals surface area contributed by atoms with Crippen LogP contribution in [-0.4, -0.2) is 67.4 Å². The average molecular weight is 365 g/mol. The number of nitriles is 1. The molecule has 0 spiro atoms. The van der Waals surface area contributed by atoms with Crippen LogP contribution in [0.25, 0.3) is 0 Å². The lowest BCUT2D eigenvalue weighted by molar-refractivity contribution is 0.122. The van der Waals surface area contributed by atoms with Gasteiger partial charge in [-0.15, -0.1) is 0 Å². The maximum Gasteiger partial charge on any atom is 0.227 e. The van der Waals surface area contributed by atoms with E-state index in [4.69, 9.17) is 15.0 Å². The van der Waals surface area contributed by atoms with E-state index in [1.807, 2.05) is 25.1 Å². The Labute approximate surface area is 159 Å². The van der Waals surface area contributed by atoms with Crippen LogP contribution in [0.3, 0.4) is 0 Å². The molecule has 8 nitrogen and oxygen atoms in total. The first-order valence-corrected chi connectivity index (χ1v) is 9.27. The quantitative estimate of drug-likeness (QED) is 0.803. The summed E-state index contributed by atoms with van der Waals surface area (Å²) in [5, 5.41) is 8.90. The molecule has 27 heavy (non-hydrogen) atoms. The molecule has 8 heteroatoms. The molecule has 4 heterocycles. The molecule has 0 atom stereocenters. The molecule has 2 aromatic heterocycles. The van der Waals surface area contributed by atoms with Crippen LogP contribution in [0.1, 0.15) is 11.3 Å². The van der Waals surface area contributed by atoms with Crippen LogP contribution in [-0.2, 0) is 4.74 Å². The fraction of sp³-hybridized carbons (Fsp3) is 0.474. The van der Waals surface area contributed by atoms with Crippen molar-refractivity contribution in [3.8, 4) is 6.07 Å². The summed E-state index contributed by atoms with van der Waals surface area (Å²) in [5.74, 6) is 2.69. The summed E-state index contributed by atoms with van der Waals surface area (Å²) in [6, 6.07) is 7.88. The van der Waals surface area contributed by atoms with Crippen molar-refractivity contribution >= 4 is 17.6 Å². The number of piperazine rings is 1. The number of nitrogens with zero attached hydrogens (tertiary/aromatic N) is 7. The molecule has 0 N–H and O–H groups in total. The van der Waals surface area contributed by atoms with Crippen molar-refractivity contribution in [2.75, 3.05) is 67.2 Å². The van der Waals surface area contributed by atoms with Gasteiger partial charge in [0.25, 0.3) is 0 Å². The standard InChI is InChI=1S/C19H23N7O/c1-15-12-18(25-8-10-27-11-9-25)23-19(22-15)26-6-4-24(5-7-26)17-3-2-16(13-20)14-21-17/h2-3,12,14H,4-11H2,1H3. The third-order valence-corrected chi connectivity index (χ3v) is 4.93. The fourth-order valence-corrected chi connectivity index (χ4v) is 3.41. The number of hydrogen-bond acceptors (Lipinski definition) is 8. The number of anilines is 3. The summed E-state index contributed by atoms with van der Waals surface area (Å²) in [6.45, 7) is 8.63. The molecule has 0 saturated carbocycles. The number of pyridine rings is 1. The number of ether oxygens (including phenoxy) is 1. The van der Waals surface area contributed by atoms with Crippen molar-refractivity contribution in [3.05, 3.63) is 35.7 Å². The molecular formula is C19H23N7O. The summed E-state index contributed by atoms with van der Waals surface area (Å²) in [6.07, 6.45) is 1.62. The van der Waals surface area contributed by atoms with E-state index in [2.05, 4.69) is 30.7 Å². The first-order chi connectivity index (χ1) is 13.2. The normalized spacial score (nSPS) is 17.7. The van der Waals surface area contributed by atoms with Crippen molar-refractivity contribution < 1.29 is 4.74 Å². The molecule has 2 aliphatic rings. The van der Waals surface area contributed by atoms with Crippen LogP contribution in [0, 0.1) is 18.3 Å². The molecule has 0 bridgehead atoms. The zero-order valence-electron chi connectivity index (χ0n) is 15.5. The third-order valence-electron chi connectivity index (χ3n) is 4.93. The number of morpholine rings is 1. The topological polar surface area (TPSA) is 81.4 Å². The number of aryl methyl sites for hydroxylation is 1. The highest BCUT2D eigenvalue weighted by Crippen LogP contribution is 2.21. The van der Waals surface area contributed by atoms with E-state index in [0.29, 0.717) is 5.56 Å². The van der Waals surface area contributed by atoms with E-state index in [1.165, 1.54) is 0 Å².